The van der Waals surface area contributed by atoms with Crippen molar-refractivity contribution in [3.05, 3.63) is 0 Å². The molecule has 2 rings (SSSR count). The van der Waals surface area contributed by atoms with Crippen LogP contribution in [-0.4, -0.2) is 81.2 Å². The van der Waals surface area contributed by atoms with E-state index in [1.54, 1.807) is 4.90 Å². The maximum atomic E-state index is 12.8. The minimum absolute atomic E-state index is 0.0532. The zero-order valence-electron chi connectivity index (χ0n) is 16.9. The lowest BCUT2D eigenvalue weighted by Gasteiger charge is -2.32. The van der Waals surface area contributed by atoms with Gasteiger partial charge in [0.1, 0.15) is 12.1 Å². The zero-order chi connectivity index (χ0) is 23.2. The fourth-order valence-electron chi connectivity index (χ4n) is 3.45. The van der Waals surface area contributed by atoms with E-state index in [0.717, 1.165) is 12.8 Å². The maximum Gasteiger partial charge on any atom is 0.490 e. The normalized spacial score (nSPS) is 23.4. The van der Waals surface area contributed by atoms with Gasteiger partial charge in [0.05, 0.1) is 6.04 Å². The highest BCUT2D eigenvalue weighted by atomic mass is 19.4. The molecule has 0 aromatic heterocycles. The molecule has 4 N–H and O–H groups in total. The van der Waals surface area contributed by atoms with Crippen LogP contribution in [0.5, 0.6) is 0 Å². The fraction of sp³-hybridized carbons (Fsp3) is 0.778. The molecule has 0 radical (unpaired) electrons. The summed E-state index contributed by atoms with van der Waals surface area (Å²) in [7, 11) is 0. The van der Waals surface area contributed by atoms with E-state index in [-0.39, 0.29) is 17.7 Å². The highest BCUT2D eigenvalue weighted by Gasteiger charge is 2.43. The molecule has 0 spiro atoms. The van der Waals surface area contributed by atoms with E-state index < -0.39 is 36.2 Å². The van der Waals surface area contributed by atoms with Gasteiger partial charge in [-0.2, -0.15) is 13.2 Å². The predicted octanol–water partition coefficient (Wildman–Crippen LogP) is 1.06. The lowest BCUT2D eigenvalue weighted by atomic mass is 9.98. The molecule has 2 saturated heterocycles. The molecular weight excluding hydrogens is 411 g/mol. The number of likely N-dealkylation sites (tertiary alicyclic amines) is 2. The van der Waals surface area contributed by atoms with E-state index in [1.807, 2.05) is 13.8 Å². The van der Waals surface area contributed by atoms with Gasteiger partial charge in [-0.1, -0.05) is 20.3 Å². The second-order valence-corrected chi connectivity index (χ2v) is 7.43. The van der Waals surface area contributed by atoms with Crippen LogP contribution in [0.3, 0.4) is 0 Å². The zero-order valence-corrected chi connectivity index (χ0v) is 16.9. The molecule has 172 valence electrons. The Kier molecular flexibility index (Phi) is 9.07. The van der Waals surface area contributed by atoms with E-state index in [1.165, 1.54) is 4.90 Å². The molecule has 0 aliphatic carbocycles. The summed E-state index contributed by atoms with van der Waals surface area (Å²) in [5.41, 5.74) is 6.03. The Hall–Kier alpha value is -2.37. The number of hydrogen-bond acceptors (Lipinski definition) is 5. The van der Waals surface area contributed by atoms with Crippen molar-refractivity contribution < 1.29 is 42.6 Å². The summed E-state index contributed by atoms with van der Waals surface area (Å²) in [6.07, 6.45) is -1.78. The number of rotatable bonds is 5. The van der Waals surface area contributed by atoms with E-state index in [9.17, 15) is 32.7 Å². The maximum absolute atomic E-state index is 12.8. The van der Waals surface area contributed by atoms with E-state index >= 15 is 0 Å². The van der Waals surface area contributed by atoms with Gasteiger partial charge in [0, 0.05) is 13.1 Å². The molecule has 2 aliphatic heterocycles. The molecule has 0 unspecified atom stereocenters. The summed E-state index contributed by atoms with van der Waals surface area (Å²) in [5.74, 6) is -4.11. The number of carboxylic acids is 2. The van der Waals surface area contributed by atoms with Crippen molar-refractivity contribution in [1.29, 1.82) is 0 Å². The third kappa shape index (κ3) is 6.31. The molecule has 30 heavy (non-hydrogen) atoms. The Morgan fingerprint density at radius 1 is 1.03 bits per heavy atom. The average Bonchev–Trinajstić information content (AvgIpc) is 3.34. The molecule has 9 nitrogen and oxygen atoms in total. The van der Waals surface area contributed by atoms with E-state index in [2.05, 4.69) is 0 Å². The monoisotopic (exact) mass is 439 g/mol. The third-order valence-corrected chi connectivity index (χ3v) is 5.43. The first-order valence-electron chi connectivity index (χ1n) is 9.72. The second-order valence-electron chi connectivity index (χ2n) is 7.43. The van der Waals surface area contributed by atoms with E-state index in [4.69, 9.17) is 15.6 Å². The van der Waals surface area contributed by atoms with Crippen LogP contribution in [0.4, 0.5) is 13.2 Å². The Labute approximate surface area is 172 Å². The van der Waals surface area contributed by atoms with Crippen LogP contribution in [0.25, 0.3) is 0 Å². The molecule has 2 fully saturated rings. The van der Waals surface area contributed by atoms with Gasteiger partial charge in [-0.25, -0.2) is 9.59 Å². The lowest BCUT2D eigenvalue weighted by Crippen LogP contribution is -2.55. The van der Waals surface area contributed by atoms with Crippen LogP contribution in [0.1, 0.15) is 46.0 Å². The average molecular weight is 439 g/mol. The molecule has 2 amide bonds. The first kappa shape index (κ1) is 25.7. The Bertz CT molecular complexity index is 658. The molecule has 2 heterocycles. The van der Waals surface area contributed by atoms with Gasteiger partial charge in [0.25, 0.3) is 0 Å². The van der Waals surface area contributed by atoms with Gasteiger partial charge < -0.3 is 25.7 Å². The minimum atomic E-state index is -5.08. The van der Waals surface area contributed by atoms with Crippen LogP contribution < -0.4 is 5.73 Å². The van der Waals surface area contributed by atoms with Crippen LogP contribution >= 0.6 is 0 Å². The summed E-state index contributed by atoms with van der Waals surface area (Å²) in [5, 5.41) is 16.4. The first-order valence-corrected chi connectivity index (χ1v) is 9.72. The standard InChI is InChI=1S/C16H27N3O4.C2HF3O2/c1-3-10(2)13(17)15(21)18-8-4-6-11(18)14(20)19-9-5-7-12(19)16(22)23;3-2(4,5)1(6)7/h10-13H,3-9,17H2,1-2H3,(H,22,23);(H,6,7)/t10-,11-,12-,13-;/m0./s1. The highest BCUT2D eigenvalue weighted by Crippen LogP contribution is 2.26. The number of nitrogens with two attached hydrogens (primary N) is 1. The van der Waals surface area contributed by atoms with Crippen molar-refractivity contribution in [2.45, 2.75) is 70.3 Å². The molecule has 0 aromatic carbocycles. The van der Waals surface area contributed by atoms with Crippen molar-refractivity contribution in [2.75, 3.05) is 13.1 Å². The smallest absolute Gasteiger partial charge is 0.480 e. The molecule has 12 heteroatoms. The van der Waals surface area contributed by atoms with Gasteiger partial charge in [0.15, 0.2) is 0 Å². The van der Waals surface area contributed by atoms with Gasteiger partial charge >= 0.3 is 18.1 Å². The number of amides is 2. The summed E-state index contributed by atoms with van der Waals surface area (Å²) in [6.45, 7) is 4.87. The first-order chi connectivity index (χ1) is 13.8. The molecule has 0 aromatic rings. The molecule has 0 saturated carbocycles. The van der Waals surface area contributed by atoms with Gasteiger partial charge in [-0.3, -0.25) is 9.59 Å². The third-order valence-electron chi connectivity index (χ3n) is 5.43. The van der Waals surface area contributed by atoms with Crippen LogP contribution in [0.15, 0.2) is 0 Å². The topological polar surface area (TPSA) is 141 Å². The second kappa shape index (κ2) is 10.6. The molecular formula is C18H28F3N3O6. The Morgan fingerprint density at radius 3 is 1.93 bits per heavy atom. The van der Waals surface area contributed by atoms with Gasteiger partial charge in [-0.15, -0.1) is 0 Å². The predicted molar refractivity (Wildman–Crippen MR) is 98.2 cm³/mol. The van der Waals surface area contributed by atoms with Gasteiger partial charge in [0.2, 0.25) is 11.8 Å². The van der Waals surface area contributed by atoms with Crippen molar-refractivity contribution >= 4 is 23.8 Å². The summed E-state index contributed by atoms with van der Waals surface area (Å²) in [6, 6.07) is -1.93. The summed E-state index contributed by atoms with van der Waals surface area (Å²) >= 11 is 0. The number of aliphatic carboxylic acids is 2. The molecule has 4 atom stereocenters. The number of hydrogen-bond donors (Lipinski definition) is 3. The van der Waals surface area contributed by atoms with Crippen molar-refractivity contribution in [2.24, 2.45) is 11.7 Å². The van der Waals surface area contributed by atoms with Crippen molar-refractivity contribution in [3.8, 4) is 0 Å². The summed E-state index contributed by atoms with van der Waals surface area (Å²) < 4.78 is 31.7. The van der Waals surface area contributed by atoms with Crippen LogP contribution in [0.2, 0.25) is 0 Å². The molecule has 0 bridgehead atoms. The quantitative estimate of drug-likeness (QED) is 0.582. The van der Waals surface area contributed by atoms with Crippen molar-refractivity contribution in [3.63, 3.8) is 0 Å². The Morgan fingerprint density at radius 2 is 1.50 bits per heavy atom. The largest absolute Gasteiger partial charge is 0.490 e. The number of nitrogens with zero attached hydrogens (tertiary/aromatic N) is 2. The van der Waals surface area contributed by atoms with E-state index in [0.29, 0.717) is 32.4 Å². The number of carbonyl (C=O) groups is 4. The number of carbonyl (C=O) groups excluding carboxylic acids is 2. The van der Waals surface area contributed by atoms with Crippen LogP contribution in [-0.2, 0) is 19.2 Å². The Balaban J connectivity index is 0.000000553. The number of halogens is 3. The molecule has 2 aliphatic rings. The lowest BCUT2D eigenvalue weighted by molar-refractivity contribution is -0.192. The summed E-state index contributed by atoms with van der Waals surface area (Å²) in [4.78, 5) is 48.5. The SMILES string of the molecule is CC[C@H](C)[C@H](N)C(=O)N1CCC[C@H]1C(=O)N1CCC[C@H]1C(=O)O.O=C(O)C(F)(F)F. The number of alkyl halides is 3. The van der Waals surface area contributed by atoms with Gasteiger partial charge in [-0.05, 0) is 31.6 Å². The minimum Gasteiger partial charge on any atom is -0.480 e. The fourth-order valence-corrected chi connectivity index (χ4v) is 3.45. The number of carboxylic acid groups (broad SMARTS) is 2. The van der Waals surface area contributed by atoms with Crippen LogP contribution in [0, 0.1) is 5.92 Å². The highest BCUT2D eigenvalue weighted by molar-refractivity contribution is 5.92. The van der Waals surface area contributed by atoms with Crippen molar-refractivity contribution in [1.82, 2.24) is 9.80 Å².